The van der Waals surface area contributed by atoms with Crippen molar-refractivity contribution in [3.05, 3.63) is 41.5 Å². The molecule has 2 aromatic heterocycles. The van der Waals surface area contributed by atoms with Crippen LogP contribution in [0.2, 0.25) is 0 Å². The van der Waals surface area contributed by atoms with Crippen LogP contribution in [-0.4, -0.2) is 52.4 Å². The summed E-state index contributed by atoms with van der Waals surface area (Å²) >= 11 is 0. The molecule has 3 rings (SSSR count). The third-order valence-corrected chi connectivity index (χ3v) is 4.48. The number of hydrogen-bond acceptors (Lipinski definition) is 6. The monoisotopic (exact) mass is 354 g/mol. The van der Waals surface area contributed by atoms with Gasteiger partial charge in [-0.2, -0.15) is 0 Å². The zero-order valence-corrected chi connectivity index (χ0v) is 15.6. The van der Waals surface area contributed by atoms with E-state index in [9.17, 15) is 4.79 Å². The molecule has 0 aromatic carbocycles. The highest BCUT2D eigenvalue weighted by atomic mass is 16.2. The number of piperidine rings is 1. The number of anilines is 2. The van der Waals surface area contributed by atoms with Gasteiger partial charge in [-0.1, -0.05) is 6.07 Å². The number of nitrogens with zero attached hydrogens (tertiary/aromatic N) is 4. The Kier molecular flexibility index (Phi) is 5.78. The molecule has 1 amide bonds. The molecule has 0 spiro atoms. The minimum atomic E-state index is 0.132. The summed E-state index contributed by atoms with van der Waals surface area (Å²) in [5.74, 6) is 2.59. The lowest BCUT2D eigenvalue weighted by Crippen LogP contribution is -2.43. The van der Waals surface area contributed by atoms with Crippen molar-refractivity contribution in [2.75, 3.05) is 32.0 Å². The molecule has 0 bridgehead atoms. The first kappa shape index (κ1) is 18.3. The van der Waals surface area contributed by atoms with Crippen molar-refractivity contribution in [2.45, 2.75) is 32.6 Å². The van der Waals surface area contributed by atoms with Gasteiger partial charge in [0.1, 0.15) is 17.5 Å². The van der Waals surface area contributed by atoms with Crippen molar-refractivity contribution in [1.29, 1.82) is 0 Å². The topological polar surface area (TPSA) is 83.0 Å². The molecule has 26 heavy (non-hydrogen) atoms. The Labute approximate surface area is 154 Å². The molecule has 1 aliphatic heterocycles. The van der Waals surface area contributed by atoms with E-state index in [4.69, 9.17) is 4.98 Å². The molecule has 3 heterocycles. The zero-order chi connectivity index (χ0) is 18.5. The van der Waals surface area contributed by atoms with E-state index in [0.29, 0.717) is 13.1 Å². The number of aryl methyl sites for hydroxylation is 2. The summed E-state index contributed by atoms with van der Waals surface area (Å²) in [6.45, 7) is 5.77. The number of hydrogen-bond donors (Lipinski definition) is 2. The summed E-state index contributed by atoms with van der Waals surface area (Å²) in [7, 11) is 1.79. The molecular weight excluding hydrogens is 328 g/mol. The predicted molar refractivity (Wildman–Crippen MR) is 102 cm³/mol. The van der Waals surface area contributed by atoms with E-state index in [1.807, 2.05) is 43.0 Å². The fraction of sp³-hybridized carbons (Fsp3) is 0.474. The second-order valence-electron chi connectivity index (χ2n) is 6.75. The Morgan fingerprint density at radius 3 is 2.81 bits per heavy atom. The summed E-state index contributed by atoms with van der Waals surface area (Å²) in [5.41, 5.74) is 1.86. The smallest absolute Gasteiger partial charge is 0.236 e. The van der Waals surface area contributed by atoms with Crippen molar-refractivity contribution in [3.8, 4) is 0 Å². The van der Waals surface area contributed by atoms with Crippen LogP contribution < -0.4 is 10.6 Å². The molecule has 2 N–H and O–H groups in total. The fourth-order valence-electron chi connectivity index (χ4n) is 3.26. The third-order valence-electron chi connectivity index (χ3n) is 4.48. The van der Waals surface area contributed by atoms with Crippen LogP contribution in [0.25, 0.3) is 0 Å². The Morgan fingerprint density at radius 2 is 2.04 bits per heavy atom. The maximum atomic E-state index is 12.2. The van der Waals surface area contributed by atoms with Gasteiger partial charge in [0, 0.05) is 36.5 Å². The number of likely N-dealkylation sites (N-methyl/N-ethyl adjacent to an activating group) is 1. The van der Waals surface area contributed by atoms with Gasteiger partial charge in [-0.05, 0) is 45.9 Å². The lowest BCUT2D eigenvalue weighted by molar-refractivity contribution is -0.131. The summed E-state index contributed by atoms with van der Waals surface area (Å²) in [4.78, 5) is 27.9. The van der Waals surface area contributed by atoms with Crippen LogP contribution in [0.5, 0.6) is 0 Å². The number of carbonyl (C=O) groups excluding carboxylic acids is 1. The van der Waals surface area contributed by atoms with Gasteiger partial charge in [0.15, 0.2) is 0 Å². The van der Waals surface area contributed by atoms with Crippen molar-refractivity contribution in [1.82, 2.24) is 25.2 Å². The molecule has 138 valence electrons. The van der Waals surface area contributed by atoms with Gasteiger partial charge in [-0.25, -0.2) is 15.0 Å². The van der Waals surface area contributed by atoms with Gasteiger partial charge in [0.2, 0.25) is 5.91 Å². The van der Waals surface area contributed by atoms with E-state index in [2.05, 4.69) is 20.6 Å². The van der Waals surface area contributed by atoms with Gasteiger partial charge in [-0.15, -0.1) is 0 Å². The predicted octanol–water partition coefficient (Wildman–Crippen LogP) is 2.16. The Balaban J connectivity index is 1.77. The Morgan fingerprint density at radius 1 is 1.19 bits per heavy atom. The number of pyridine rings is 1. The standard InChI is InChI=1S/C19H26N6O/c1-13-6-4-8-16(21-13)23-17-10-14(2)22-19(24-17)15-7-5-9-25(12-15)18(26)11-20-3/h4,6,8,10,15,20H,5,7,9,11-12H2,1-3H3,(H,21,22,23,24)/t15-/m1/s1. The first-order valence-corrected chi connectivity index (χ1v) is 9.04. The van der Waals surface area contributed by atoms with Gasteiger partial charge in [-0.3, -0.25) is 4.79 Å². The average molecular weight is 354 g/mol. The van der Waals surface area contributed by atoms with Crippen LogP contribution in [0.4, 0.5) is 11.6 Å². The number of rotatable bonds is 5. The van der Waals surface area contributed by atoms with Crippen molar-refractivity contribution in [3.63, 3.8) is 0 Å². The summed E-state index contributed by atoms with van der Waals surface area (Å²) in [6.07, 6.45) is 1.97. The van der Waals surface area contributed by atoms with Crippen LogP contribution in [0.3, 0.4) is 0 Å². The van der Waals surface area contributed by atoms with Crippen LogP contribution in [0.15, 0.2) is 24.3 Å². The zero-order valence-electron chi connectivity index (χ0n) is 15.6. The molecular formula is C19H26N6O. The second-order valence-corrected chi connectivity index (χ2v) is 6.75. The van der Waals surface area contributed by atoms with E-state index in [1.54, 1.807) is 7.05 Å². The summed E-state index contributed by atoms with van der Waals surface area (Å²) in [5, 5.41) is 6.20. The molecule has 0 radical (unpaired) electrons. The minimum absolute atomic E-state index is 0.132. The van der Waals surface area contributed by atoms with Crippen LogP contribution in [-0.2, 0) is 4.79 Å². The molecule has 1 atom stereocenters. The second kappa shape index (κ2) is 8.23. The van der Waals surface area contributed by atoms with E-state index in [0.717, 1.165) is 48.2 Å². The number of nitrogens with one attached hydrogen (secondary N) is 2. The van der Waals surface area contributed by atoms with E-state index >= 15 is 0 Å². The largest absolute Gasteiger partial charge is 0.341 e. The van der Waals surface area contributed by atoms with E-state index < -0.39 is 0 Å². The van der Waals surface area contributed by atoms with Crippen LogP contribution in [0, 0.1) is 13.8 Å². The molecule has 0 unspecified atom stereocenters. The molecule has 0 aliphatic carbocycles. The van der Waals surface area contributed by atoms with Crippen LogP contribution >= 0.6 is 0 Å². The van der Waals surface area contributed by atoms with Gasteiger partial charge >= 0.3 is 0 Å². The lowest BCUT2D eigenvalue weighted by Gasteiger charge is -2.32. The summed E-state index contributed by atoms with van der Waals surface area (Å²) in [6, 6.07) is 7.76. The highest BCUT2D eigenvalue weighted by Crippen LogP contribution is 2.26. The van der Waals surface area contributed by atoms with E-state index in [-0.39, 0.29) is 11.8 Å². The molecule has 1 saturated heterocycles. The molecule has 1 aliphatic rings. The number of aromatic nitrogens is 3. The van der Waals surface area contributed by atoms with E-state index in [1.165, 1.54) is 0 Å². The molecule has 0 saturated carbocycles. The Hall–Kier alpha value is -2.54. The third kappa shape index (κ3) is 4.54. The highest BCUT2D eigenvalue weighted by molar-refractivity contribution is 5.78. The quantitative estimate of drug-likeness (QED) is 0.856. The minimum Gasteiger partial charge on any atom is -0.341 e. The average Bonchev–Trinajstić information content (AvgIpc) is 2.61. The molecule has 2 aromatic rings. The first-order valence-electron chi connectivity index (χ1n) is 9.04. The lowest BCUT2D eigenvalue weighted by atomic mass is 9.97. The number of carbonyl (C=O) groups is 1. The summed E-state index contributed by atoms with van der Waals surface area (Å²) < 4.78 is 0. The normalized spacial score (nSPS) is 17.2. The number of amides is 1. The van der Waals surface area contributed by atoms with Gasteiger partial charge < -0.3 is 15.5 Å². The highest BCUT2D eigenvalue weighted by Gasteiger charge is 2.26. The van der Waals surface area contributed by atoms with Crippen molar-refractivity contribution >= 4 is 17.5 Å². The molecule has 1 fully saturated rings. The van der Waals surface area contributed by atoms with Crippen LogP contribution in [0.1, 0.15) is 36.0 Å². The molecule has 7 nitrogen and oxygen atoms in total. The van der Waals surface area contributed by atoms with Crippen molar-refractivity contribution < 1.29 is 4.79 Å². The van der Waals surface area contributed by atoms with Gasteiger partial charge in [0.25, 0.3) is 0 Å². The maximum absolute atomic E-state index is 12.2. The molecule has 7 heteroatoms. The maximum Gasteiger partial charge on any atom is 0.236 e. The van der Waals surface area contributed by atoms with Gasteiger partial charge in [0.05, 0.1) is 6.54 Å². The number of likely N-dealkylation sites (tertiary alicyclic amines) is 1. The first-order chi connectivity index (χ1) is 12.5. The van der Waals surface area contributed by atoms with Crippen molar-refractivity contribution in [2.24, 2.45) is 0 Å². The Bertz CT molecular complexity index is 778. The SMILES string of the molecule is CNCC(=O)N1CCC[C@@H](c2nc(C)cc(Nc3cccc(C)n3)n2)C1. The fourth-order valence-corrected chi connectivity index (χ4v) is 3.26.